The minimum Gasteiger partial charge on any atom is -0.309 e. The molecule has 0 amide bonds. The van der Waals surface area contributed by atoms with E-state index in [9.17, 15) is 0 Å². The standard InChI is InChI=1S/C63H38N2S/c1-3-14-40(15-4-1)58-35-47(36-59(64-58)41-16-5-2-6-17-41)65-60-29-26-45(43-24-23-39-13-7-8-18-42(39)31-43)33-55(60)56-37-53-50-28-25-44(32-52(50)48-19-9-10-20-49(48)54(53)38-61(56)65)46-27-30-63-57(34-46)51-21-11-12-22-62(51)66-63/h1-38H. The minimum absolute atomic E-state index is 0.939. The van der Waals surface area contributed by atoms with Crippen LogP contribution in [0.4, 0.5) is 0 Å². The van der Waals surface area contributed by atoms with Gasteiger partial charge < -0.3 is 4.57 Å². The van der Waals surface area contributed by atoms with Crippen LogP contribution >= 0.6 is 11.3 Å². The zero-order chi connectivity index (χ0) is 43.3. The number of fused-ring (bicyclic) bond motifs is 13. The molecule has 0 aliphatic carbocycles. The summed E-state index contributed by atoms with van der Waals surface area (Å²) in [5, 5.41) is 15.1. The summed E-state index contributed by atoms with van der Waals surface area (Å²) in [4.78, 5) is 5.29. The molecule has 0 aliphatic heterocycles. The fraction of sp³-hybridized carbons (Fsp3) is 0. The van der Waals surface area contributed by atoms with Crippen molar-refractivity contribution >= 4 is 96.4 Å². The number of rotatable bonds is 5. The maximum absolute atomic E-state index is 5.29. The molecule has 3 aromatic heterocycles. The van der Waals surface area contributed by atoms with Crippen LogP contribution in [0.15, 0.2) is 231 Å². The summed E-state index contributed by atoms with van der Waals surface area (Å²) in [6, 6.07) is 84.9. The molecule has 0 saturated carbocycles. The highest BCUT2D eigenvalue weighted by Gasteiger charge is 2.20. The Kier molecular flexibility index (Phi) is 8.19. The number of pyridine rings is 1. The van der Waals surface area contributed by atoms with E-state index in [0.29, 0.717) is 0 Å². The molecule has 0 saturated heterocycles. The molecule has 14 aromatic rings. The molecule has 0 bridgehead atoms. The summed E-state index contributed by atoms with van der Waals surface area (Å²) in [6.45, 7) is 0. The van der Waals surface area contributed by atoms with Crippen molar-refractivity contribution in [1.82, 2.24) is 9.55 Å². The maximum atomic E-state index is 5.29. The van der Waals surface area contributed by atoms with Crippen molar-refractivity contribution in [2.75, 3.05) is 0 Å². The second-order valence-electron chi connectivity index (χ2n) is 17.5. The van der Waals surface area contributed by atoms with Crippen molar-refractivity contribution in [1.29, 1.82) is 0 Å². The molecule has 0 radical (unpaired) electrons. The molecule has 0 atom stereocenters. The first-order valence-electron chi connectivity index (χ1n) is 22.6. The van der Waals surface area contributed by atoms with Gasteiger partial charge in [-0.25, -0.2) is 4.98 Å². The molecular formula is C63H38N2S. The Balaban J connectivity index is 1.05. The fourth-order valence-corrected chi connectivity index (χ4v) is 11.6. The van der Waals surface area contributed by atoms with E-state index in [-0.39, 0.29) is 0 Å². The largest absolute Gasteiger partial charge is 0.309 e. The summed E-state index contributed by atoms with van der Waals surface area (Å²) in [5.74, 6) is 0. The van der Waals surface area contributed by atoms with E-state index in [1.807, 2.05) is 11.3 Å². The first kappa shape index (κ1) is 37.0. The predicted octanol–water partition coefficient (Wildman–Crippen LogP) is 17.8. The minimum atomic E-state index is 0.939. The molecule has 2 nitrogen and oxygen atoms in total. The van der Waals surface area contributed by atoms with Crippen LogP contribution in [0, 0.1) is 0 Å². The van der Waals surface area contributed by atoms with Crippen molar-refractivity contribution in [3.05, 3.63) is 231 Å². The van der Waals surface area contributed by atoms with Gasteiger partial charge in [-0.2, -0.15) is 0 Å². The van der Waals surface area contributed by atoms with Crippen molar-refractivity contribution in [3.8, 4) is 50.5 Å². The number of benzene rings is 11. The average molecular weight is 855 g/mol. The normalized spacial score (nSPS) is 11.9. The smallest absolute Gasteiger partial charge is 0.0730 e. The summed E-state index contributed by atoms with van der Waals surface area (Å²) >= 11 is 1.87. The Hall–Kier alpha value is -8.37. The molecule has 0 spiro atoms. The predicted molar refractivity (Wildman–Crippen MR) is 283 cm³/mol. The topological polar surface area (TPSA) is 17.8 Å². The third-order valence-corrected chi connectivity index (χ3v) is 14.9. The molecule has 11 aromatic carbocycles. The highest BCUT2D eigenvalue weighted by atomic mass is 32.1. The zero-order valence-electron chi connectivity index (χ0n) is 35.7. The number of thiophene rings is 1. The first-order chi connectivity index (χ1) is 32.7. The molecule has 66 heavy (non-hydrogen) atoms. The number of hydrogen-bond acceptors (Lipinski definition) is 2. The lowest BCUT2D eigenvalue weighted by atomic mass is 9.91. The van der Waals surface area contributed by atoms with E-state index in [0.717, 1.165) is 39.2 Å². The molecule has 0 fully saturated rings. The van der Waals surface area contributed by atoms with Gasteiger partial charge in [-0.1, -0.05) is 164 Å². The van der Waals surface area contributed by atoms with Crippen LogP contribution in [0.5, 0.6) is 0 Å². The Morgan fingerprint density at radius 2 is 0.773 bits per heavy atom. The van der Waals surface area contributed by atoms with E-state index in [2.05, 4.69) is 235 Å². The van der Waals surface area contributed by atoms with Gasteiger partial charge in [-0.05, 0) is 132 Å². The molecule has 0 unspecified atom stereocenters. The molecule has 3 heteroatoms. The fourth-order valence-electron chi connectivity index (χ4n) is 10.5. The molecule has 306 valence electrons. The lowest BCUT2D eigenvalue weighted by Gasteiger charge is -2.15. The van der Waals surface area contributed by atoms with Gasteiger partial charge in [0.15, 0.2) is 0 Å². The van der Waals surface area contributed by atoms with Gasteiger partial charge in [0, 0.05) is 42.1 Å². The first-order valence-corrected chi connectivity index (χ1v) is 23.4. The Labute approximate surface area is 384 Å². The van der Waals surface area contributed by atoms with Gasteiger partial charge in [0.2, 0.25) is 0 Å². The lowest BCUT2D eigenvalue weighted by molar-refractivity contribution is 1.16. The second-order valence-corrected chi connectivity index (χ2v) is 18.6. The molecule has 0 N–H and O–H groups in total. The number of nitrogens with zero attached hydrogens (tertiary/aromatic N) is 2. The Morgan fingerprint density at radius 3 is 1.52 bits per heavy atom. The van der Waals surface area contributed by atoms with Gasteiger partial charge in [-0.15, -0.1) is 11.3 Å². The molecule has 0 aliphatic rings. The van der Waals surface area contributed by atoms with Crippen molar-refractivity contribution in [2.45, 2.75) is 0 Å². The van der Waals surface area contributed by atoms with Crippen molar-refractivity contribution < 1.29 is 0 Å². The molecular weight excluding hydrogens is 817 g/mol. The van der Waals surface area contributed by atoms with E-state index in [1.165, 1.54) is 96.3 Å². The SMILES string of the molecule is c1ccc(-c2cc(-n3c4ccc(-c5ccc6ccccc6c5)cc4c4cc5c6ccc(-c7ccc8sc9ccccc9c8c7)cc6c6ccccc6c5cc43)cc(-c3ccccc3)n2)cc1. The highest BCUT2D eigenvalue weighted by Crippen LogP contribution is 2.44. The van der Waals surface area contributed by atoms with Crippen LogP contribution in [0.3, 0.4) is 0 Å². The highest BCUT2D eigenvalue weighted by molar-refractivity contribution is 7.25. The monoisotopic (exact) mass is 854 g/mol. The van der Waals surface area contributed by atoms with E-state index in [1.54, 1.807) is 0 Å². The summed E-state index contributed by atoms with van der Waals surface area (Å²) in [6.07, 6.45) is 0. The van der Waals surface area contributed by atoms with Gasteiger partial charge >= 0.3 is 0 Å². The van der Waals surface area contributed by atoms with E-state index < -0.39 is 0 Å². The van der Waals surface area contributed by atoms with Crippen molar-refractivity contribution in [3.63, 3.8) is 0 Å². The van der Waals surface area contributed by atoms with Crippen LogP contribution in [0.1, 0.15) is 0 Å². The van der Waals surface area contributed by atoms with Gasteiger partial charge in [0.05, 0.1) is 28.1 Å². The second kappa shape index (κ2) is 14.6. The van der Waals surface area contributed by atoms with Crippen LogP contribution in [-0.4, -0.2) is 9.55 Å². The summed E-state index contributed by atoms with van der Waals surface area (Å²) in [7, 11) is 0. The molecule has 14 rings (SSSR count). The Bertz CT molecular complexity index is 4220. The van der Waals surface area contributed by atoms with Gasteiger partial charge in [-0.3, -0.25) is 0 Å². The van der Waals surface area contributed by atoms with Crippen LogP contribution < -0.4 is 0 Å². The summed E-state index contributed by atoms with van der Waals surface area (Å²) < 4.78 is 5.12. The van der Waals surface area contributed by atoms with Crippen LogP contribution in [0.25, 0.3) is 136 Å². The summed E-state index contributed by atoms with van der Waals surface area (Å²) in [5.41, 5.74) is 12.3. The zero-order valence-corrected chi connectivity index (χ0v) is 36.6. The average Bonchev–Trinajstić information content (AvgIpc) is 3.93. The molecule has 3 heterocycles. The Morgan fingerprint density at radius 1 is 0.273 bits per heavy atom. The van der Waals surface area contributed by atoms with E-state index >= 15 is 0 Å². The van der Waals surface area contributed by atoms with Gasteiger partial charge in [0.1, 0.15) is 0 Å². The van der Waals surface area contributed by atoms with Gasteiger partial charge in [0.25, 0.3) is 0 Å². The third kappa shape index (κ3) is 5.84. The number of hydrogen-bond donors (Lipinski definition) is 0. The van der Waals surface area contributed by atoms with E-state index in [4.69, 9.17) is 4.98 Å². The third-order valence-electron chi connectivity index (χ3n) is 13.7. The lowest BCUT2D eigenvalue weighted by Crippen LogP contribution is -1.98. The maximum Gasteiger partial charge on any atom is 0.0730 e. The quantitative estimate of drug-likeness (QED) is 0.158. The van der Waals surface area contributed by atoms with Crippen molar-refractivity contribution in [2.24, 2.45) is 0 Å². The van der Waals surface area contributed by atoms with Crippen LogP contribution in [0.2, 0.25) is 0 Å². The van der Waals surface area contributed by atoms with Crippen LogP contribution in [-0.2, 0) is 0 Å². The number of aromatic nitrogens is 2.